The van der Waals surface area contributed by atoms with Gasteiger partial charge in [0.1, 0.15) is 0 Å². The van der Waals surface area contributed by atoms with Gasteiger partial charge in [-0.25, -0.2) is 0 Å². The van der Waals surface area contributed by atoms with Crippen LogP contribution in [0.5, 0.6) is 0 Å². The number of carbonyl (C=O) groups is 1. The van der Waals surface area contributed by atoms with Gasteiger partial charge in [0.15, 0.2) is 11.0 Å². The Morgan fingerprint density at radius 3 is 2.65 bits per heavy atom. The lowest BCUT2D eigenvalue weighted by molar-refractivity contribution is -0.385. The summed E-state index contributed by atoms with van der Waals surface area (Å²) < 4.78 is 46.9. The molecule has 0 radical (unpaired) electrons. The second-order valence-corrected chi connectivity index (χ2v) is 8.08. The lowest BCUT2D eigenvalue weighted by atomic mass is 10.1. The Hall–Kier alpha value is -3.45. The molecule has 34 heavy (non-hydrogen) atoms. The molecule has 0 atom stereocenters. The first-order valence-electron chi connectivity index (χ1n) is 9.87. The molecule has 2 aromatic carbocycles. The molecule has 0 saturated heterocycles. The van der Waals surface area contributed by atoms with Crippen LogP contribution in [0, 0.1) is 17.0 Å². The number of anilines is 1. The van der Waals surface area contributed by atoms with Gasteiger partial charge in [-0.3, -0.25) is 19.5 Å². The van der Waals surface area contributed by atoms with Crippen LogP contribution in [0.4, 0.5) is 24.5 Å². The van der Waals surface area contributed by atoms with Gasteiger partial charge in [-0.1, -0.05) is 35.5 Å². The molecule has 0 aliphatic carbocycles. The molecule has 1 N–H and O–H groups in total. The van der Waals surface area contributed by atoms with Crippen molar-refractivity contribution in [1.29, 1.82) is 0 Å². The molecule has 1 aromatic heterocycles. The Morgan fingerprint density at radius 1 is 1.24 bits per heavy atom. The number of nitrogens with zero attached hydrogens (tertiary/aromatic N) is 4. The second-order valence-electron chi connectivity index (χ2n) is 7.14. The SMILES string of the molecule is COCCn1c(SCC(=O)Nc2ccc([N+](=O)[O-])cc2C(F)(F)F)nnc1-c1cccc(C)c1. The first-order valence-corrected chi connectivity index (χ1v) is 10.9. The number of aromatic nitrogens is 3. The first kappa shape index (κ1) is 25.2. The summed E-state index contributed by atoms with van der Waals surface area (Å²) in [6.45, 7) is 2.69. The molecule has 0 aliphatic heterocycles. The topological polar surface area (TPSA) is 112 Å². The summed E-state index contributed by atoms with van der Waals surface area (Å²) in [6.07, 6.45) is -4.88. The zero-order valence-electron chi connectivity index (χ0n) is 18.1. The van der Waals surface area contributed by atoms with Gasteiger partial charge in [0, 0.05) is 24.8 Å². The molecule has 0 bridgehead atoms. The number of thioether (sulfide) groups is 1. The largest absolute Gasteiger partial charge is 0.418 e. The first-order chi connectivity index (χ1) is 16.1. The van der Waals surface area contributed by atoms with Gasteiger partial charge < -0.3 is 10.1 Å². The number of benzene rings is 2. The normalized spacial score (nSPS) is 11.4. The van der Waals surface area contributed by atoms with E-state index in [0.29, 0.717) is 30.2 Å². The van der Waals surface area contributed by atoms with Gasteiger partial charge in [-0.05, 0) is 19.1 Å². The summed E-state index contributed by atoms with van der Waals surface area (Å²) in [5, 5.41) is 21.7. The van der Waals surface area contributed by atoms with Crippen LogP contribution in [-0.4, -0.2) is 45.1 Å². The number of hydrogen-bond acceptors (Lipinski definition) is 7. The quantitative estimate of drug-likeness (QED) is 0.263. The van der Waals surface area contributed by atoms with E-state index in [9.17, 15) is 28.1 Å². The Kier molecular flexibility index (Phi) is 7.89. The monoisotopic (exact) mass is 495 g/mol. The minimum absolute atomic E-state index is 0.257. The van der Waals surface area contributed by atoms with Gasteiger partial charge in [0.2, 0.25) is 5.91 Å². The summed E-state index contributed by atoms with van der Waals surface area (Å²) >= 11 is 0.998. The van der Waals surface area contributed by atoms with E-state index in [-0.39, 0.29) is 5.75 Å². The summed E-state index contributed by atoms with van der Waals surface area (Å²) in [5.74, 6) is -0.422. The lowest BCUT2D eigenvalue weighted by Crippen LogP contribution is -2.19. The smallest absolute Gasteiger partial charge is 0.383 e. The number of amides is 1. The maximum Gasteiger partial charge on any atom is 0.418 e. The fourth-order valence-corrected chi connectivity index (χ4v) is 3.85. The van der Waals surface area contributed by atoms with Crippen molar-refractivity contribution in [3.05, 3.63) is 63.7 Å². The van der Waals surface area contributed by atoms with Crippen LogP contribution < -0.4 is 5.32 Å². The highest BCUT2D eigenvalue weighted by Crippen LogP contribution is 2.37. The lowest BCUT2D eigenvalue weighted by Gasteiger charge is -2.14. The Bertz CT molecular complexity index is 1200. The third kappa shape index (κ3) is 6.11. The summed E-state index contributed by atoms with van der Waals surface area (Å²) in [7, 11) is 1.54. The molecule has 3 rings (SSSR count). The van der Waals surface area contributed by atoms with E-state index < -0.39 is 33.9 Å². The third-order valence-corrected chi connectivity index (χ3v) is 5.60. The molecule has 9 nitrogen and oxygen atoms in total. The van der Waals surface area contributed by atoms with Gasteiger partial charge in [-0.15, -0.1) is 10.2 Å². The standard InChI is InChI=1S/C21H20F3N5O4S/c1-13-4-3-5-14(10-13)19-26-27-20(28(19)8-9-33-2)34-12-18(30)25-17-7-6-15(29(31)32)11-16(17)21(22,23)24/h3-7,10-11H,8-9,12H2,1-2H3,(H,25,30). The number of carbonyl (C=O) groups excluding carboxylic acids is 1. The molecule has 0 unspecified atom stereocenters. The van der Waals surface area contributed by atoms with E-state index in [1.807, 2.05) is 31.2 Å². The van der Waals surface area contributed by atoms with Crippen LogP contribution in [0.1, 0.15) is 11.1 Å². The molecule has 180 valence electrons. The van der Waals surface area contributed by atoms with E-state index in [1.165, 1.54) is 0 Å². The minimum Gasteiger partial charge on any atom is -0.383 e. The Morgan fingerprint density at radius 2 is 2.00 bits per heavy atom. The maximum atomic E-state index is 13.3. The average Bonchev–Trinajstić information content (AvgIpc) is 3.18. The number of nitrogens with one attached hydrogen (secondary N) is 1. The number of halogens is 3. The van der Waals surface area contributed by atoms with E-state index in [4.69, 9.17) is 4.74 Å². The van der Waals surface area contributed by atoms with Crippen molar-refractivity contribution < 1.29 is 27.6 Å². The van der Waals surface area contributed by atoms with Crippen molar-refractivity contribution in [2.75, 3.05) is 24.8 Å². The van der Waals surface area contributed by atoms with Gasteiger partial charge in [-0.2, -0.15) is 13.2 Å². The fourth-order valence-electron chi connectivity index (χ4n) is 3.08. The van der Waals surface area contributed by atoms with Crippen molar-refractivity contribution in [3.8, 4) is 11.4 Å². The highest BCUT2D eigenvalue weighted by atomic mass is 32.2. The molecule has 0 fully saturated rings. The molecule has 1 heterocycles. The van der Waals surface area contributed by atoms with Crippen molar-refractivity contribution in [3.63, 3.8) is 0 Å². The molecule has 0 saturated carbocycles. The van der Waals surface area contributed by atoms with Crippen LogP contribution in [0.2, 0.25) is 0 Å². The zero-order valence-corrected chi connectivity index (χ0v) is 18.9. The Balaban J connectivity index is 1.78. The number of alkyl halides is 3. The van der Waals surface area contributed by atoms with Crippen LogP contribution in [0.25, 0.3) is 11.4 Å². The van der Waals surface area contributed by atoms with Crippen molar-refractivity contribution in [2.45, 2.75) is 24.8 Å². The van der Waals surface area contributed by atoms with Crippen molar-refractivity contribution in [2.24, 2.45) is 0 Å². The zero-order chi connectivity index (χ0) is 24.9. The molecule has 13 heteroatoms. The summed E-state index contributed by atoms with van der Waals surface area (Å²) in [4.78, 5) is 22.3. The molecule has 0 spiro atoms. The minimum atomic E-state index is -4.88. The summed E-state index contributed by atoms with van der Waals surface area (Å²) in [5.41, 5.74) is -0.749. The predicted octanol–water partition coefficient (Wildman–Crippen LogP) is 4.56. The third-order valence-electron chi connectivity index (χ3n) is 4.64. The number of non-ortho nitro benzene ring substituents is 1. The van der Waals surface area contributed by atoms with Crippen LogP contribution in [-0.2, 0) is 22.3 Å². The molecular weight excluding hydrogens is 475 g/mol. The summed E-state index contributed by atoms with van der Waals surface area (Å²) in [6, 6.07) is 9.76. The fraction of sp³-hybridized carbons (Fsp3) is 0.286. The number of hydrogen-bond donors (Lipinski definition) is 1. The van der Waals surface area contributed by atoms with Gasteiger partial charge in [0.05, 0.1) is 35.1 Å². The van der Waals surface area contributed by atoms with E-state index in [1.54, 1.807) is 11.7 Å². The van der Waals surface area contributed by atoms with Crippen molar-refractivity contribution in [1.82, 2.24) is 14.8 Å². The van der Waals surface area contributed by atoms with E-state index >= 15 is 0 Å². The van der Waals surface area contributed by atoms with Gasteiger partial charge >= 0.3 is 6.18 Å². The predicted molar refractivity (Wildman–Crippen MR) is 120 cm³/mol. The number of methoxy groups -OCH3 is 1. The second kappa shape index (κ2) is 10.7. The number of nitro groups is 1. The molecule has 3 aromatic rings. The maximum absolute atomic E-state index is 13.3. The highest BCUT2D eigenvalue weighted by Gasteiger charge is 2.35. The van der Waals surface area contributed by atoms with Crippen LogP contribution in [0.3, 0.4) is 0 Å². The number of rotatable bonds is 9. The highest BCUT2D eigenvalue weighted by molar-refractivity contribution is 7.99. The van der Waals surface area contributed by atoms with Crippen molar-refractivity contribution >= 4 is 29.0 Å². The van der Waals surface area contributed by atoms with Gasteiger partial charge in [0.25, 0.3) is 5.69 Å². The van der Waals surface area contributed by atoms with E-state index in [0.717, 1.165) is 35.0 Å². The molecular formula is C21H20F3N5O4S. The number of nitro benzene ring substituents is 1. The number of ether oxygens (including phenoxy) is 1. The van der Waals surface area contributed by atoms with E-state index in [2.05, 4.69) is 15.5 Å². The Labute approximate surface area is 196 Å². The molecule has 1 amide bonds. The molecule has 0 aliphatic rings. The van der Waals surface area contributed by atoms with Crippen LogP contribution in [0.15, 0.2) is 47.6 Å². The van der Waals surface area contributed by atoms with Crippen LogP contribution >= 0.6 is 11.8 Å². The average molecular weight is 495 g/mol. The number of aryl methyl sites for hydroxylation is 1.